The lowest BCUT2D eigenvalue weighted by Gasteiger charge is -2.35. The van der Waals surface area contributed by atoms with Crippen molar-refractivity contribution in [3.63, 3.8) is 0 Å². The highest BCUT2D eigenvalue weighted by Gasteiger charge is 2.22. The third-order valence-corrected chi connectivity index (χ3v) is 4.15. The third-order valence-electron chi connectivity index (χ3n) is 4.15. The van der Waals surface area contributed by atoms with Crippen LogP contribution in [0.3, 0.4) is 0 Å². The molecule has 0 bridgehead atoms. The summed E-state index contributed by atoms with van der Waals surface area (Å²) in [5, 5.41) is 4.24. The van der Waals surface area contributed by atoms with Crippen LogP contribution in [-0.4, -0.2) is 33.8 Å². The summed E-state index contributed by atoms with van der Waals surface area (Å²) in [4.78, 5) is 2.64. The Morgan fingerprint density at radius 2 is 2.12 bits per heavy atom. The predicted octanol–water partition coefficient (Wildman–Crippen LogP) is 2.47. The fraction of sp³-hybridized carbons (Fsp3) is 0.786. The van der Waals surface area contributed by atoms with Gasteiger partial charge in [-0.05, 0) is 57.2 Å². The number of hydrogen-bond acceptors (Lipinski definition) is 2. The first kappa shape index (κ1) is 12.6. The Balaban J connectivity index is 1.79. The van der Waals surface area contributed by atoms with Crippen LogP contribution >= 0.6 is 0 Å². The minimum Gasteiger partial charge on any atom is -0.301 e. The second kappa shape index (κ2) is 5.67. The van der Waals surface area contributed by atoms with E-state index >= 15 is 0 Å². The molecule has 1 atom stereocenters. The maximum Gasteiger partial charge on any atom is 0.0521 e. The summed E-state index contributed by atoms with van der Waals surface area (Å²) in [7, 11) is 2.00. The first-order chi connectivity index (χ1) is 8.19. The predicted molar refractivity (Wildman–Crippen MR) is 71.0 cm³/mol. The Hall–Kier alpha value is -0.830. The van der Waals surface area contributed by atoms with E-state index in [0.29, 0.717) is 0 Å². The molecule has 1 aliphatic heterocycles. The van der Waals surface area contributed by atoms with Gasteiger partial charge in [-0.1, -0.05) is 6.92 Å². The molecule has 0 N–H and O–H groups in total. The highest BCUT2D eigenvalue weighted by Crippen LogP contribution is 2.23. The molecule has 2 rings (SSSR count). The fourth-order valence-corrected chi connectivity index (χ4v) is 2.77. The minimum atomic E-state index is 0.759. The minimum absolute atomic E-state index is 0.759. The van der Waals surface area contributed by atoms with Crippen molar-refractivity contribution < 1.29 is 0 Å². The van der Waals surface area contributed by atoms with Crippen LogP contribution in [0.2, 0.25) is 0 Å². The zero-order valence-corrected chi connectivity index (χ0v) is 11.4. The van der Waals surface area contributed by atoms with Gasteiger partial charge < -0.3 is 4.90 Å². The molecule has 0 radical (unpaired) electrons. The molecular weight excluding hydrogens is 210 g/mol. The van der Waals surface area contributed by atoms with Crippen LogP contribution < -0.4 is 0 Å². The third kappa shape index (κ3) is 3.32. The molecule has 3 nitrogen and oxygen atoms in total. The van der Waals surface area contributed by atoms with Crippen molar-refractivity contribution >= 4 is 0 Å². The van der Waals surface area contributed by atoms with E-state index in [-0.39, 0.29) is 0 Å². The highest BCUT2D eigenvalue weighted by atomic mass is 15.2. The largest absolute Gasteiger partial charge is 0.301 e. The van der Waals surface area contributed by atoms with Gasteiger partial charge in [-0.15, -0.1) is 0 Å². The van der Waals surface area contributed by atoms with E-state index in [9.17, 15) is 0 Å². The van der Waals surface area contributed by atoms with Crippen molar-refractivity contribution in [2.24, 2.45) is 13.0 Å². The summed E-state index contributed by atoms with van der Waals surface area (Å²) in [5.74, 6) is 0.861. The van der Waals surface area contributed by atoms with Gasteiger partial charge in [0.15, 0.2) is 0 Å². The summed E-state index contributed by atoms with van der Waals surface area (Å²) in [6.07, 6.45) is 9.34. The van der Waals surface area contributed by atoms with E-state index < -0.39 is 0 Å². The first-order valence-corrected chi connectivity index (χ1v) is 6.90. The van der Waals surface area contributed by atoms with Crippen LogP contribution in [0.1, 0.15) is 38.7 Å². The lowest BCUT2D eigenvalue weighted by molar-refractivity contribution is 0.138. The summed E-state index contributed by atoms with van der Waals surface area (Å²) < 4.78 is 1.91. The quantitative estimate of drug-likeness (QED) is 0.799. The highest BCUT2D eigenvalue weighted by molar-refractivity contribution is 5.05. The van der Waals surface area contributed by atoms with Gasteiger partial charge in [0, 0.05) is 19.3 Å². The lowest BCUT2D eigenvalue weighted by Crippen LogP contribution is -2.39. The Morgan fingerprint density at radius 3 is 2.65 bits per heavy atom. The van der Waals surface area contributed by atoms with Crippen LogP contribution in [0.4, 0.5) is 0 Å². The smallest absolute Gasteiger partial charge is 0.0521 e. The van der Waals surface area contributed by atoms with Crippen LogP contribution in [-0.2, 0) is 13.5 Å². The van der Waals surface area contributed by atoms with Gasteiger partial charge in [-0.2, -0.15) is 5.10 Å². The summed E-state index contributed by atoms with van der Waals surface area (Å²) >= 11 is 0. The maximum atomic E-state index is 4.24. The average Bonchev–Trinajstić information content (AvgIpc) is 2.75. The van der Waals surface area contributed by atoms with Crippen molar-refractivity contribution in [1.29, 1.82) is 0 Å². The molecule has 0 spiro atoms. The molecule has 1 saturated heterocycles. The molecule has 1 fully saturated rings. The zero-order valence-electron chi connectivity index (χ0n) is 11.4. The van der Waals surface area contributed by atoms with Gasteiger partial charge in [-0.25, -0.2) is 0 Å². The monoisotopic (exact) mass is 235 g/mol. The molecule has 0 aliphatic carbocycles. The standard InChI is InChI=1S/C14H25N3/c1-4-12(2)17-7-5-13(6-8-17)9-14-10-15-16(3)11-14/h10-13H,4-9H2,1-3H3. The van der Waals surface area contributed by atoms with Crippen molar-refractivity contribution in [3.8, 4) is 0 Å². The molecule has 1 unspecified atom stereocenters. The van der Waals surface area contributed by atoms with Gasteiger partial charge in [0.05, 0.1) is 6.20 Å². The van der Waals surface area contributed by atoms with Crippen LogP contribution in [0.25, 0.3) is 0 Å². The van der Waals surface area contributed by atoms with E-state index in [2.05, 4.69) is 30.0 Å². The van der Waals surface area contributed by atoms with E-state index in [0.717, 1.165) is 12.0 Å². The SMILES string of the molecule is CCC(C)N1CCC(Cc2cnn(C)c2)CC1. The Bertz CT molecular complexity index is 337. The Labute approximate surface area is 105 Å². The molecule has 96 valence electrons. The normalized spacial score (nSPS) is 20.6. The van der Waals surface area contributed by atoms with Crippen LogP contribution in [0.15, 0.2) is 12.4 Å². The van der Waals surface area contributed by atoms with Crippen molar-refractivity contribution in [2.75, 3.05) is 13.1 Å². The number of piperidine rings is 1. The van der Waals surface area contributed by atoms with E-state index in [1.54, 1.807) is 0 Å². The summed E-state index contributed by atoms with van der Waals surface area (Å²) in [6, 6.07) is 0.759. The van der Waals surface area contributed by atoms with Crippen LogP contribution in [0, 0.1) is 5.92 Å². The average molecular weight is 235 g/mol. The molecular formula is C14H25N3. The second-order valence-corrected chi connectivity index (χ2v) is 5.46. The summed E-state index contributed by atoms with van der Waals surface area (Å²) in [5.41, 5.74) is 1.40. The summed E-state index contributed by atoms with van der Waals surface area (Å²) in [6.45, 7) is 7.19. The molecule has 0 amide bonds. The first-order valence-electron chi connectivity index (χ1n) is 6.90. The number of hydrogen-bond donors (Lipinski definition) is 0. The number of rotatable bonds is 4. The van der Waals surface area contributed by atoms with Crippen molar-refractivity contribution in [3.05, 3.63) is 18.0 Å². The zero-order chi connectivity index (χ0) is 12.3. The van der Waals surface area contributed by atoms with Crippen LogP contribution in [0.5, 0.6) is 0 Å². The van der Waals surface area contributed by atoms with E-state index in [1.807, 2.05) is 17.9 Å². The molecule has 3 heteroatoms. The topological polar surface area (TPSA) is 21.1 Å². The molecule has 0 saturated carbocycles. The number of aryl methyl sites for hydroxylation is 1. The Kier molecular flexibility index (Phi) is 4.21. The van der Waals surface area contributed by atoms with E-state index in [4.69, 9.17) is 0 Å². The number of nitrogens with zero attached hydrogens (tertiary/aromatic N) is 3. The second-order valence-electron chi connectivity index (χ2n) is 5.46. The van der Waals surface area contributed by atoms with Gasteiger partial charge in [0.25, 0.3) is 0 Å². The van der Waals surface area contributed by atoms with Crippen molar-refractivity contribution in [2.45, 2.75) is 45.6 Å². The fourth-order valence-electron chi connectivity index (χ4n) is 2.77. The number of likely N-dealkylation sites (tertiary alicyclic amines) is 1. The number of aromatic nitrogens is 2. The molecule has 1 aliphatic rings. The molecule has 2 heterocycles. The van der Waals surface area contributed by atoms with Gasteiger partial charge in [-0.3, -0.25) is 4.68 Å². The Morgan fingerprint density at radius 1 is 1.41 bits per heavy atom. The molecule has 17 heavy (non-hydrogen) atoms. The van der Waals surface area contributed by atoms with E-state index in [1.165, 1.54) is 44.3 Å². The van der Waals surface area contributed by atoms with Gasteiger partial charge in [0.1, 0.15) is 0 Å². The molecule has 1 aromatic heterocycles. The van der Waals surface area contributed by atoms with Gasteiger partial charge in [0.2, 0.25) is 0 Å². The van der Waals surface area contributed by atoms with Crippen molar-refractivity contribution in [1.82, 2.24) is 14.7 Å². The molecule has 0 aromatic carbocycles. The van der Waals surface area contributed by atoms with Gasteiger partial charge >= 0.3 is 0 Å². The lowest BCUT2D eigenvalue weighted by atomic mass is 9.90. The maximum absolute atomic E-state index is 4.24. The molecule has 1 aromatic rings.